The summed E-state index contributed by atoms with van der Waals surface area (Å²) in [6.07, 6.45) is 0.565. The molecular formula is C14H18BrN3. The molecule has 0 bridgehead atoms. The predicted molar refractivity (Wildman–Crippen MR) is 77.6 cm³/mol. The van der Waals surface area contributed by atoms with Crippen LogP contribution in [-0.2, 0) is 0 Å². The predicted octanol–water partition coefficient (Wildman–Crippen LogP) is 2.87. The fraction of sp³-hybridized carbons (Fsp3) is 0.500. The molecule has 2 rings (SSSR count). The van der Waals surface area contributed by atoms with Crippen LogP contribution in [0.25, 0.3) is 0 Å². The van der Waals surface area contributed by atoms with Crippen molar-refractivity contribution in [3.63, 3.8) is 0 Å². The van der Waals surface area contributed by atoms with Gasteiger partial charge in [0.15, 0.2) is 0 Å². The van der Waals surface area contributed by atoms with Gasteiger partial charge in [0.05, 0.1) is 24.2 Å². The van der Waals surface area contributed by atoms with Gasteiger partial charge in [0, 0.05) is 23.6 Å². The highest BCUT2D eigenvalue weighted by Crippen LogP contribution is 2.31. The summed E-state index contributed by atoms with van der Waals surface area (Å²) in [7, 11) is 2.12. The maximum atomic E-state index is 9.02. The molecule has 18 heavy (non-hydrogen) atoms. The highest BCUT2D eigenvalue weighted by Gasteiger charge is 2.31. The first-order valence-electron chi connectivity index (χ1n) is 6.22. The molecule has 1 saturated heterocycles. The molecule has 0 radical (unpaired) electrons. The van der Waals surface area contributed by atoms with Gasteiger partial charge in [-0.1, -0.05) is 12.1 Å². The number of hydrogen-bond donors (Lipinski definition) is 0. The molecule has 96 valence electrons. The Bertz CT molecular complexity index is 455. The van der Waals surface area contributed by atoms with Crippen LogP contribution >= 0.6 is 15.9 Å². The second-order valence-electron chi connectivity index (χ2n) is 4.94. The third-order valence-corrected chi connectivity index (χ3v) is 4.09. The van der Waals surface area contributed by atoms with Crippen molar-refractivity contribution >= 4 is 21.6 Å². The van der Waals surface area contributed by atoms with Crippen LogP contribution in [0.15, 0.2) is 28.7 Å². The summed E-state index contributed by atoms with van der Waals surface area (Å²) in [6.45, 7) is 4.20. The summed E-state index contributed by atoms with van der Waals surface area (Å²) >= 11 is 3.61. The summed E-state index contributed by atoms with van der Waals surface area (Å²) in [5, 5.41) is 9.02. The molecule has 1 aliphatic heterocycles. The molecule has 0 amide bonds. The number of halogens is 1. The van der Waals surface area contributed by atoms with E-state index in [1.807, 2.05) is 6.07 Å². The number of nitrogens with zero attached hydrogens (tertiary/aromatic N) is 3. The van der Waals surface area contributed by atoms with Crippen LogP contribution in [0.1, 0.15) is 13.3 Å². The second kappa shape index (κ2) is 5.73. The van der Waals surface area contributed by atoms with E-state index in [9.17, 15) is 0 Å². The van der Waals surface area contributed by atoms with Crippen LogP contribution in [0, 0.1) is 11.3 Å². The summed E-state index contributed by atoms with van der Waals surface area (Å²) in [6, 6.07) is 11.2. The van der Waals surface area contributed by atoms with Gasteiger partial charge >= 0.3 is 0 Å². The third kappa shape index (κ3) is 2.68. The average molecular weight is 308 g/mol. The van der Waals surface area contributed by atoms with E-state index in [0.29, 0.717) is 12.5 Å². The Kier molecular flexibility index (Phi) is 4.26. The van der Waals surface area contributed by atoms with Gasteiger partial charge in [0.1, 0.15) is 0 Å². The summed E-state index contributed by atoms with van der Waals surface area (Å²) in [4.78, 5) is 4.69. The maximum absolute atomic E-state index is 9.02. The Morgan fingerprint density at radius 3 is 2.78 bits per heavy atom. The summed E-state index contributed by atoms with van der Waals surface area (Å²) in [5.41, 5.74) is 1.19. The fourth-order valence-corrected chi connectivity index (χ4v) is 3.27. The number of anilines is 1. The molecule has 1 aliphatic rings. The first-order chi connectivity index (χ1) is 8.63. The highest BCUT2D eigenvalue weighted by atomic mass is 79.9. The lowest BCUT2D eigenvalue weighted by Crippen LogP contribution is -2.56. The minimum absolute atomic E-state index is 0.266. The number of para-hydroxylation sites is 1. The molecule has 2 atom stereocenters. The minimum atomic E-state index is 0.266. The SMILES string of the molecule is CC1CN(C)CC(CC#N)N1c1ccccc1Br. The van der Waals surface area contributed by atoms with Crippen molar-refractivity contribution in [3.8, 4) is 6.07 Å². The smallest absolute Gasteiger partial charge is 0.0643 e. The van der Waals surface area contributed by atoms with Gasteiger partial charge in [-0.15, -0.1) is 0 Å². The lowest BCUT2D eigenvalue weighted by Gasteiger charge is -2.45. The number of hydrogen-bond acceptors (Lipinski definition) is 3. The van der Waals surface area contributed by atoms with Crippen molar-refractivity contribution < 1.29 is 0 Å². The molecule has 0 aliphatic carbocycles. The zero-order valence-corrected chi connectivity index (χ0v) is 12.4. The number of rotatable bonds is 2. The van der Waals surface area contributed by atoms with Crippen LogP contribution in [0.4, 0.5) is 5.69 Å². The molecular weight excluding hydrogens is 290 g/mol. The molecule has 3 nitrogen and oxygen atoms in total. The van der Waals surface area contributed by atoms with Gasteiger partial charge in [0.25, 0.3) is 0 Å². The second-order valence-corrected chi connectivity index (χ2v) is 5.80. The van der Waals surface area contributed by atoms with Gasteiger partial charge in [0.2, 0.25) is 0 Å². The zero-order chi connectivity index (χ0) is 13.1. The Balaban J connectivity index is 2.33. The van der Waals surface area contributed by atoms with E-state index in [1.54, 1.807) is 0 Å². The minimum Gasteiger partial charge on any atom is -0.361 e. The molecule has 0 saturated carbocycles. The van der Waals surface area contributed by atoms with Crippen molar-refractivity contribution in [3.05, 3.63) is 28.7 Å². The van der Waals surface area contributed by atoms with Crippen LogP contribution in [0.5, 0.6) is 0 Å². The molecule has 0 aromatic heterocycles. The number of benzene rings is 1. The van der Waals surface area contributed by atoms with E-state index in [-0.39, 0.29) is 6.04 Å². The molecule has 1 fully saturated rings. The van der Waals surface area contributed by atoms with E-state index in [1.165, 1.54) is 5.69 Å². The molecule has 0 N–H and O–H groups in total. The summed E-state index contributed by atoms with van der Waals surface area (Å²) in [5.74, 6) is 0. The number of likely N-dealkylation sites (N-methyl/N-ethyl adjacent to an activating group) is 1. The van der Waals surface area contributed by atoms with Crippen LogP contribution in [0.2, 0.25) is 0 Å². The van der Waals surface area contributed by atoms with Gasteiger partial charge in [-0.3, -0.25) is 0 Å². The first-order valence-corrected chi connectivity index (χ1v) is 7.01. The molecule has 1 heterocycles. The largest absolute Gasteiger partial charge is 0.361 e. The van der Waals surface area contributed by atoms with Crippen LogP contribution in [-0.4, -0.2) is 37.1 Å². The Labute approximate surface area is 117 Å². The van der Waals surface area contributed by atoms with E-state index < -0.39 is 0 Å². The van der Waals surface area contributed by atoms with E-state index in [0.717, 1.165) is 17.6 Å². The molecule has 0 spiro atoms. The topological polar surface area (TPSA) is 30.3 Å². The van der Waals surface area contributed by atoms with E-state index >= 15 is 0 Å². The number of nitriles is 1. The van der Waals surface area contributed by atoms with Crippen molar-refractivity contribution in [2.45, 2.75) is 25.4 Å². The normalized spacial score (nSPS) is 24.9. The van der Waals surface area contributed by atoms with Crippen LogP contribution < -0.4 is 4.90 Å². The highest BCUT2D eigenvalue weighted by molar-refractivity contribution is 9.10. The fourth-order valence-electron chi connectivity index (χ4n) is 2.78. The van der Waals surface area contributed by atoms with E-state index in [4.69, 9.17) is 5.26 Å². The van der Waals surface area contributed by atoms with E-state index in [2.05, 4.69) is 64.0 Å². The standard InChI is InChI=1S/C14H18BrN3/c1-11-9-17(2)10-12(7-8-16)18(11)14-6-4-3-5-13(14)15/h3-6,11-12H,7,9-10H2,1-2H3. The van der Waals surface area contributed by atoms with Gasteiger partial charge in [-0.25, -0.2) is 0 Å². The van der Waals surface area contributed by atoms with Crippen LogP contribution in [0.3, 0.4) is 0 Å². The van der Waals surface area contributed by atoms with Gasteiger partial charge < -0.3 is 9.80 Å². The van der Waals surface area contributed by atoms with Crippen molar-refractivity contribution in [1.82, 2.24) is 4.90 Å². The lowest BCUT2D eigenvalue weighted by atomic mass is 10.0. The molecule has 4 heteroatoms. The molecule has 2 unspecified atom stereocenters. The Morgan fingerprint density at radius 1 is 1.39 bits per heavy atom. The zero-order valence-electron chi connectivity index (χ0n) is 10.8. The van der Waals surface area contributed by atoms with Gasteiger partial charge in [-0.2, -0.15) is 5.26 Å². The lowest BCUT2D eigenvalue weighted by molar-refractivity contribution is 0.233. The third-order valence-electron chi connectivity index (χ3n) is 3.42. The first kappa shape index (κ1) is 13.4. The summed E-state index contributed by atoms with van der Waals surface area (Å²) < 4.78 is 1.10. The Hall–Kier alpha value is -1.05. The van der Waals surface area contributed by atoms with Crippen molar-refractivity contribution in [1.29, 1.82) is 5.26 Å². The molecule has 1 aromatic carbocycles. The monoisotopic (exact) mass is 307 g/mol. The maximum Gasteiger partial charge on any atom is 0.0643 e. The van der Waals surface area contributed by atoms with Crippen molar-refractivity contribution in [2.24, 2.45) is 0 Å². The van der Waals surface area contributed by atoms with Crippen molar-refractivity contribution in [2.75, 3.05) is 25.0 Å². The Morgan fingerprint density at radius 2 is 2.11 bits per heavy atom. The molecule has 1 aromatic rings. The quantitative estimate of drug-likeness (QED) is 0.841. The van der Waals surface area contributed by atoms with Gasteiger partial charge in [-0.05, 0) is 42.0 Å². The number of piperazine rings is 1. The average Bonchev–Trinajstić information content (AvgIpc) is 2.31.